The van der Waals surface area contributed by atoms with Crippen molar-refractivity contribution in [3.05, 3.63) is 79.4 Å². The molecule has 0 unspecified atom stereocenters. The zero-order valence-corrected chi connectivity index (χ0v) is 13.6. The van der Waals surface area contributed by atoms with E-state index in [1.807, 2.05) is 77.6 Å². The summed E-state index contributed by atoms with van der Waals surface area (Å²) in [6.45, 7) is 1.31. The minimum atomic E-state index is 0.573. The Bertz CT molecular complexity index is 904. The molecule has 2 aliphatic heterocycles. The van der Waals surface area contributed by atoms with Gasteiger partial charge in [0.1, 0.15) is 35.9 Å². The quantitative estimate of drug-likeness (QED) is 0.530. The molecule has 0 N–H and O–H groups in total. The van der Waals surface area contributed by atoms with Gasteiger partial charge in [0.05, 0.1) is 12.2 Å². The molecule has 0 aromatic heterocycles. The molecule has 0 fully saturated rings. The van der Waals surface area contributed by atoms with Crippen molar-refractivity contribution in [1.82, 2.24) is 14.5 Å². The largest absolute Gasteiger partial charge is 0.492 e. The first-order valence-electron chi connectivity index (χ1n) is 8.09. The Morgan fingerprint density at radius 3 is 2.32 bits per heavy atom. The summed E-state index contributed by atoms with van der Waals surface area (Å²) in [6.07, 6.45) is 5.53. The first-order valence-corrected chi connectivity index (χ1v) is 8.09. The van der Waals surface area contributed by atoms with Crippen LogP contribution in [0, 0.1) is 0 Å². The summed E-state index contributed by atoms with van der Waals surface area (Å²) in [7, 11) is 0. The number of aromatic nitrogens is 3. The minimum Gasteiger partial charge on any atom is -0.492 e. The highest BCUT2D eigenvalue weighted by Gasteiger charge is 2.05. The van der Waals surface area contributed by atoms with Crippen molar-refractivity contribution < 1.29 is 9.47 Å². The third kappa shape index (κ3) is 3.77. The molecule has 0 amide bonds. The molecule has 2 aromatic rings. The van der Waals surface area contributed by atoms with Gasteiger partial charge >= 0.3 is 0 Å². The van der Waals surface area contributed by atoms with E-state index in [4.69, 9.17) is 9.47 Å². The van der Waals surface area contributed by atoms with Crippen LogP contribution in [0.15, 0.2) is 79.4 Å². The van der Waals surface area contributed by atoms with E-state index in [-0.39, 0.29) is 0 Å². The van der Waals surface area contributed by atoms with Gasteiger partial charge in [-0.2, -0.15) is 0 Å². The molecule has 25 heavy (non-hydrogen) atoms. The maximum absolute atomic E-state index is 5.80. The van der Waals surface area contributed by atoms with Gasteiger partial charge < -0.3 is 14.0 Å². The fourth-order valence-electron chi connectivity index (χ4n) is 2.52. The summed E-state index contributed by atoms with van der Waals surface area (Å²) in [5, 5.41) is 0. The van der Waals surface area contributed by atoms with Crippen LogP contribution in [0.3, 0.4) is 0 Å². The Balaban J connectivity index is 1.31. The average molecular weight is 331 g/mol. The third-order valence-corrected chi connectivity index (χ3v) is 3.79. The van der Waals surface area contributed by atoms with E-state index in [9.17, 15) is 0 Å². The van der Waals surface area contributed by atoms with Crippen molar-refractivity contribution in [2.24, 2.45) is 0 Å². The van der Waals surface area contributed by atoms with Crippen molar-refractivity contribution in [3.8, 4) is 28.6 Å². The van der Waals surface area contributed by atoms with Gasteiger partial charge in [0.2, 0.25) is 0 Å². The van der Waals surface area contributed by atoms with E-state index < -0.39 is 0 Å². The Hall–Kier alpha value is -3.34. The van der Waals surface area contributed by atoms with Crippen molar-refractivity contribution >= 4 is 0 Å². The number of benzene rings is 2. The van der Waals surface area contributed by atoms with Crippen LogP contribution in [-0.4, -0.2) is 21.1 Å². The second-order valence-electron chi connectivity index (χ2n) is 5.56. The molecule has 5 heteroatoms. The van der Waals surface area contributed by atoms with Crippen molar-refractivity contribution in [2.75, 3.05) is 6.61 Å². The van der Waals surface area contributed by atoms with Crippen molar-refractivity contribution in [2.45, 2.75) is 6.54 Å². The van der Waals surface area contributed by atoms with E-state index in [1.165, 1.54) is 0 Å². The standard InChI is InChI=1S/C20H17N3O2/c1-2-4-17(5-3-1)25-18-8-6-16(7-9-18)24-13-12-23-11-10-19-20(14-23)22-15-21-19/h1-11,14-15H,12-13H2. The normalized spacial score (nSPS) is 10.7. The summed E-state index contributed by atoms with van der Waals surface area (Å²) in [5.41, 5.74) is 1.80. The van der Waals surface area contributed by atoms with Gasteiger partial charge in [0.25, 0.3) is 0 Å². The Morgan fingerprint density at radius 1 is 0.760 bits per heavy atom. The van der Waals surface area contributed by atoms with E-state index in [2.05, 4.69) is 9.97 Å². The molecule has 0 aliphatic carbocycles. The lowest BCUT2D eigenvalue weighted by Gasteiger charge is -2.10. The number of rotatable bonds is 6. The average Bonchev–Trinajstić information content (AvgIpc) is 3.12. The smallest absolute Gasteiger partial charge is 0.127 e. The first kappa shape index (κ1) is 15.2. The topological polar surface area (TPSA) is 49.2 Å². The lowest BCUT2D eigenvalue weighted by Crippen LogP contribution is -2.08. The van der Waals surface area contributed by atoms with Gasteiger partial charge in [-0.1, -0.05) is 18.2 Å². The predicted molar refractivity (Wildman–Crippen MR) is 95.1 cm³/mol. The Morgan fingerprint density at radius 2 is 1.48 bits per heavy atom. The number of fused-ring (bicyclic) bond motifs is 1. The van der Waals surface area contributed by atoms with Gasteiger partial charge in [-0.25, -0.2) is 9.97 Å². The lowest BCUT2D eigenvalue weighted by atomic mass is 10.3. The molecule has 2 aromatic carbocycles. The molecule has 0 saturated carbocycles. The second-order valence-corrected chi connectivity index (χ2v) is 5.56. The Kier molecular flexibility index (Phi) is 4.29. The molecule has 0 atom stereocenters. The highest BCUT2D eigenvalue weighted by atomic mass is 16.5. The number of imidazole rings is 1. The molecule has 0 bridgehead atoms. The third-order valence-electron chi connectivity index (χ3n) is 3.79. The van der Waals surface area contributed by atoms with E-state index in [0.717, 1.165) is 35.2 Å². The zero-order chi connectivity index (χ0) is 16.9. The molecular weight excluding hydrogens is 314 g/mol. The van der Waals surface area contributed by atoms with Gasteiger partial charge in [-0.05, 0) is 42.5 Å². The van der Waals surface area contributed by atoms with Gasteiger partial charge in [-0.15, -0.1) is 0 Å². The highest BCUT2D eigenvalue weighted by Crippen LogP contribution is 2.23. The molecule has 2 heterocycles. The van der Waals surface area contributed by atoms with Gasteiger partial charge in [0, 0.05) is 12.4 Å². The van der Waals surface area contributed by atoms with Crippen LogP contribution in [0.4, 0.5) is 0 Å². The Labute approximate surface area is 145 Å². The minimum absolute atomic E-state index is 0.573. The van der Waals surface area contributed by atoms with Gasteiger partial charge in [0.15, 0.2) is 0 Å². The van der Waals surface area contributed by atoms with Crippen molar-refractivity contribution in [1.29, 1.82) is 0 Å². The number of pyridine rings is 1. The van der Waals surface area contributed by atoms with E-state index in [0.29, 0.717) is 6.61 Å². The molecule has 0 radical (unpaired) electrons. The number of hydrogen-bond acceptors (Lipinski definition) is 4. The van der Waals surface area contributed by atoms with E-state index in [1.54, 1.807) is 6.33 Å². The highest BCUT2D eigenvalue weighted by molar-refractivity contribution is 5.53. The van der Waals surface area contributed by atoms with E-state index >= 15 is 0 Å². The fraction of sp³-hybridized carbons (Fsp3) is 0.100. The summed E-state index contributed by atoms with van der Waals surface area (Å²) < 4.78 is 13.6. The van der Waals surface area contributed by atoms with Gasteiger partial charge in [-0.3, -0.25) is 0 Å². The maximum Gasteiger partial charge on any atom is 0.127 e. The number of hydrogen-bond donors (Lipinski definition) is 0. The zero-order valence-electron chi connectivity index (χ0n) is 13.6. The summed E-state index contributed by atoms with van der Waals surface area (Å²) in [4.78, 5) is 8.36. The van der Waals surface area contributed by atoms with Crippen molar-refractivity contribution in [3.63, 3.8) is 0 Å². The summed E-state index contributed by atoms with van der Waals surface area (Å²) in [6, 6.07) is 19.3. The van der Waals surface area contributed by atoms with Crippen LogP contribution in [0.1, 0.15) is 0 Å². The molecular formula is C20H17N3O2. The van der Waals surface area contributed by atoms with Crippen LogP contribution in [0.25, 0.3) is 11.4 Å². The molecule has 5 nitrogen and oxygen atoms in total. The molecule has 124 valence electrons. The summed E-state index contributed by atoms with van der Waals surface area (Å²) >= 11 is 0. The number of para-hydroxylation sites is 1. The number of ether oxygens (including phenoxy) is 2. The number of nitrogens with zero attached hydrogens (tertiary/aromatic N) is 3. The lowest BCUT2D eigenvalue weighted by molar-refractivity contribution is 0.297. The monoisotopic (exact) mass is 331 g/mol. The summed E-state index contributed by atoms with van der Waals surface area (Å²) in [5.74, 6) is 2.42. The van der Waals surface area contributed by atoms with Crippen LogP contribution in [0.5, 0.6) is 17.2 Å². The molecule has 4 rings (SSSR count). The first-order chi connectivity index (χ1) is 12.4. The molecule has 0 saturated heterocycles. The van der Waals surface area contributed by atoms with Crippen LogP contribution in [-0.2, 0) is 6.54 Å². The SMILES string of the molecule is c1ccc(Oc2ccc(OCCn3ccc4ncnc-4c3)cc2)cc1. The van der Waals surface area contributed by atoms with Crippen LogP contribution in [0.2, 0.25) is 0 Å². The predicted octanol–water partition coefficient (Wildman–Crippen LogP) is 4.25. The second kappa shape index (κ2) is 7.05. The molecule has 2 aliphatic rings. The molecule has 0 spiro atoms. The maximum atomic E-state index is 5.80. The fourth-order valence-corrected chi connectivity index (χ4v) is 2.52. The van der Waals surface area contributed by atoms with Crippen LogP contribution >= 0.6 is 0 Å². The van der Waals surface area contributed by atoms with Crippen LogP contribution < -0.4 is 9.47 Å².